The van der Waals surface area contributed by atoms with Crippen molar-refractivity contribution in [2.45, 2.75) is 57.7 Å². The van der Waals surface area contributed by atoms with Crippen molar-refractivity contribution in [2.24, 2.45) is 11.7 Å². The number of aromatic amines is 1. The lowest BCUT2D eigenvalue weighted by atomic mass is 10.0. The molecule has 0 saturated carbocycles. The average molecular weight is 472 g/mol. The molecule has 3 atom stereocenters. The number of carboxylic acids is 1. The fraction of sp³-hybridized carbons (Fsp3) is 0.500. The van der Waals surface area contributed by atoms with Gasteiger partial charge in [-0.25, -0.2) is 0 Å². The van der Waals surface area contributed by atoms with E-state index in [-0.39, 0.29) is 18.2 Å². The quantitative estimate of drug-likeness (QED) is 0.344. The number of H-pyrrole nitrogens is 1. The highest BCUT2D eigenvalue weighted by Gasteiger charge is 2.37. The molecule has 10 nitrogen and oxygen atoms in total. The number of carbonyl (C=O) groups excluding carboxylic acids is 3. The van der Waals surface area contributed by atoms with E-state index in [1.54, 1.807) is 6.20 Å². The van der Waals surface area contributed by atoms with Crippen molar-refractivity contribution >= 4 is 34.6 Å². The van der Waals surface area contributed by atoms with Crippen LogP contribution in [0.4, 0.5) is 0 Å². The number of rotatable bonds is 10. The molecule has 1 aromatic heterocycles. The third kappa shape index (κ3) is 6.13. The summed E-state index contributed by atoms with van der Waals surface area (Å²) in [6.45, 7) is 3.83. The summed E-state index contributed by atoms with van der Waals surface area (Å²) in [5.74, 6) is -2.26. The van der Waals surface area contributed by atoms with Crippen LogP contribution in [-0.2, 0) is 25.6 Å². The van der Waals surface area contributed by atoms with Crippen LogP contribution >= 0.6 is 0 Å². The van der Waals surface area contributed by atoms with Gasteiger partial charge in [0.1, 0.15) is 18.6 Å². The molecule has 0 spiro atoms. The minimum absolute atomic E-state index is 0.161. The molecule has 1 aliphatic rings. The van der Waals surface area contributed by atoms with Crippen molar-refractivity contribution < 1.29 is 24.3 Å². The Labute approximate surface area is 198 Å². The van der Waals surface area contributed by atoms with E-state index in [0.717, 1.165) is 16.5 Å². The summed E-state index contributed by atoms with van der Waals surface area (Å²) >= 11 is 0. The Morgan fingerprint density at radius 2 is 1.97 bits per heavy atom. The van der Waals surface area contributed by atoms with Crippen LogP contribution in [0, 0.1) is 5.92 Å². The molecule has 0 bridgehead atoms. The lowest BCUT2D eigenvalue weighted by Crippen LogP contribution is -2.56. The molecule has 0 radical (unpaired) electrons. The molecule has 184 valence electrons. The number of nitrogens with one attached hydrogen (secondary N) is 3. The molecule has 2 aromatic rings. The first-order chi connectivity index (χ1) is 16.2. The molecule has 3 amide bonds. The summed E-state index contributed by atoms with van der Waals surface area (Å²) in [4.78, 5) is 54.5. The topological polar surface area (TPSA) is 158 Å². The van der Waals surface area contributed by atoms with Crippen LogP contribution in [0.5, 0.6) is 0 Å². The molecule has 1 saturated heterocycles. The number of fused-ring (bicyclic) bond motifs is 1. The highest BCUT2D eigenvalue weighted by atomic mass is 16.4. The number of aromatic nitrogens is 1. The van der Waals surface area contributed by atoms with E-state index in [0.29, 0.717) is 25.8 Å². The Balaban J connectivity index is 1.76. The van der Waals surface area contributed by atoms with E-state index in [2.05, 4.69) is 15.6 Å². The van der Waals surface area contributed by atoms with Crippen molar-refractivity contribution in [2.75, 3.05) is 13.1 Å². The van der Waals surface area contributed by atoms with Crippen molar-refractivity contribution in [1.82, 2.24) is 20.5 Å². The monoisotopic (exact) mass is 471 g/mol. The van der Waals surface area contributed by atoms with Crippen LogP contribution in [0.1, 0.15) is 38.7 Å². The third-order valence-electron chi connectivity index (χ3n) is 6.03. The van der Waals surface area contributed by atoms with E-state index in [9.17, 15) is 19.2 Å². The number of amides is 3. The van der Waals surface area contributed by atoms with Gasteiger partial charge in [-0.2, -0.15) is 0 Å². The molecular weight excluding hydrogens is 438 g/mol. The Morgan fingerprint density at radius 1 is 1.24 bits per heavy atom. The molecule has 0 aliphatic carbocycles. The number of carbonyl (C=O) groups is 4. The highest BCUT2D eigenvalue weighted by Crippen LogP contribution is 2.22. The lowest BCUT2D eigenvalue weighted by Gasteiger charge is -2.28. The van der Waals surface area contributed by atoms with Crippen LogP contribution in [-0.4, -0.2) is 69.9 Å². The van der Waals surface area contributed by atoms with Crippen molar-refractivity contribution in [3.63, 3.8) is 0 Å². The molecule has 1 fully saturated rings. The maximum atomic E-state index is 13.2. The van der Waals surface area contributed by atoms with Crippen LogP contribution in [0.2, 0.25) is 0 Å². The third-order valence-corrected chi connectivity index (χ3v) is 6.03. The van der Waals surface area contributed by atoms with Crippen LogP contribution in [0.25, 0.3) is 10.9 Å². The minimum Gasteiger partial charge on any atom is -0.480 e. The first kappa shape index (κ1) is 25.2. The summed E-state index contributed by atoms with van der Waals surface area (Å²) < 4.78 is 0. The van der Waals surface area contributed by atoms with E-state index < -0.39 is 42.5 Å². The summed E-state index contributed by atoms with van der Waals surface area (Å²) in [5, 5.41) is 15.0. The second-order valence-electron chi connectivity index (χ2n) is 9.16. The summed E-state index contributed by atoms with van der Waals surface area (Å²) in [5.41, 5.74) is 7.77. The fourth-order valence-electron chi connectivity index (χ4n) is 4.41. The first-order valence-corrected chi connectivity index (χ1v) is 11.6. The zero-order valence-electron chi connectivity index (χ0n) is 19.5. The van der Waals surface area contributed by atoms with Gasteiger partial charge in [-0.15, -0.1) is 0 Å². The van der Waals surface area contributed by atoms with Gasteiger partial charge in [-0.3, -0.25) is 19.2 Å². The molecule has 34 heavy (non-hydrogen) atoms. The van der Waals surface area contributed by atoms with Crippen LogP contribution < -0.4 is 16.4 Å². The van der Waals surface area contributed by atoms with E-state index in [1.165, 1.54) is 4.90 Å². The van der Waals surface area contributed by atoms with Gasteiger partial charge in [0, 0.05) is 30.1 Å². The second kappa shape index (κ2) is 11.1. The van der Waals surface area contributed by atoms with Gasteiger partial charge in [-0.1, -0.05) is 32.0 Å². The average Bonchev–Trinajstić information content (AvgIpc) is 3.43. The SMILES string of the molecule is CC(C)C[C@H](N)C(=O)N1CCC[C@H]1C(=O)N[C@@H](Cc1c[nH]c2ccccc12)C(=O)NCC(=O)O. The zero-order chi connectivity index (χ0) is 24.8. The maximum Gasteiger partial charge on any atom is 0.322 e. The molecule has 1 aliphatic heterocycles. The minimum atomic E-state index is -1.18. The Kier molecular flexibility index (Phi) is 8.27. The maximum absolute atomic E-state index is 13.2. The van der Waals surface area contributed by atoms with Crippen molar-refractivity contribution in [1.29, 1.82) is 0 Å². The highest BCUT2D eigenvalue weighted by molar-refractivity contribution is 5.94. The molecule has 1 aromatic carbocycles. The predicted octanol–water partition coefficient (Wildman–Crippen LogP) is 0.760. The molecular formula is C24H33N5O5. The van der Waals surface area contributed by atoms with E-state index in [1.807, 2.05) is 38.1 Å². The van der Waals surface area contributed by atoms with Crippen molar-refractivity contribution in [3.05, 3.63) is 36.0 Å². The summed E-state index contributed by atoms with van der Waals surface area (Å²) in [7, 11) is 0. The zero-order valence-corrected chi connectivity index (χ0v) is 19.5. The second-order valence-corrected chi connectivity index (χ2v) is 9.16. The molecule has 0 unspecified atom stereocenters. The van der Waals surface area contributed by atoms with Gasteiger partial charge in [0.05, 0.1) is 6.04 Å². The first-order valence-electron chi connectivity index (χ1n) is 11.6. The normalized spacial score (nSPS) is 17.5. The Morgan fingerprint density at radius 3 is 2.68 bits per heavy atom. The summed E-state index contributed by atoms with van der Waals surface area (Å²) in [6, 6.07) is 5.16. The predicted molar refractivity (Wildman–Crippen MR) is 127 cm³/mol. The lowest BCUT2D eigenvalue weighted by molar-refractivity contribution is -0.141. The van der Waals surface area contributed by atoms with E-state index in [4.69, 9.17) is 10.8 Å². The molecule has 2 heterocycles. The smallest absolute Gasteiger partial charge is 0.322 e. The Bertz CT molecular complexity index is 1050. The standard InChI is InChI=1S/C24H33N5O5/c1-14(2)10-17(25)24(34)29-9-5-8-20(29)23(33)28-19(22(32)27-13-21(30)31)11-15-12-26-18-7-4-3-6-16(15)18/h3-4,6-7,12,14,17,19-20,26H,5,8-11,13,25H2,1-2H3,(H,27,32)(H,28,33)(H,30,31)/t17-,19-,20-/m0/s1. The number of hydrogen-bond donors (Lipinski definition) is 5. The van der Waals surface area contributed by atoms with Gasteiger partial charge in [-0.05, 0) is 36.8 Å². The number of benzene rings is 1. The fourth-order valence-corrected chi connectivity index (χ4v) is 4.41. The van der Waals surface area contributed by atoms with Crippen LogP contribution in [0.3, 0.4) is 0 Å². The molecule has 10 heteroatoms. The number of para-hydroxylation sites is 1. The van der Waals surface area contributed by atoms with Gasteiger partial charge < -0.3 is 31.4 Å². The van der Waals surface area contributed by atoms with E-state index >= 15 is 0 Å². The van der Waals surface area contributed by atoms with Gasteiger partial charge >= 0.3 is 5.97 Å². The number of likely N-dealkylation sites (tertiary alicyclic amines) is 1. The van der Waals surface area contributed by atoms with Crippen molar-refractivity contribution in [3.8, 4) is 0 Å². The molecule has 3 rings (SSSR count). The molecule has 6 N–H and O–H groups in total. The summed E-state index contributed by atoms with van der Waals surface area (Å²) in [6.07, 6.45) is 3.59. The largest absolute Gasteiger partial charge is 0.480 e. The number of hydrogen-bond acceptors (Lipinski definition) is 5. The number of carboxylic acid groups (broad SMARTS) is 1. The van der Waals surface area contributed by atoms with Gasteiger partial charge in [0.25, 0.3) is 0 Å². The van der Waals surface area contributed by atoms with Crippen LogP contribution in [0.15, 0.2) is 30.5 Å². The van der Waals surface area contributed by atoms with Gasteiger partial charge in [0.15, 0.2) is 0 Å². The number of aliphatic carboxylic acids is 1. The number of nitrogens with zero attached hydrogens (tertiary/aromatic N) is 1. The number of nitrogens with two attached hydrogens (primary N) is 1. The van der Waals surface area contributed by atoms with Gasteiger partial charge in [0.2, 0.25) is 17.7 Å². The Hall–Kier alpha value is -3.40.